The molecule has 0 bridgehead atoms. The Bertz CT molecular complexity index is 1160. The minimum atomic E-state index is -0.260. The molecule has 0 saturated heterocycles. The Morgan fingerprint density at radius 2 is 1.38 bits per heavy atom. The first kappa shape index (κ1) is 18.6. The number of aryl methyl sites for hydroxylation is 1. The maximum absolute atomic E-state index is 13.0. The topological polar surface area (TPSA) is 64.0 Å². The molecule has 1 heterocycles. The summed E-state index contributed by atoms with van der Waals surface area (Å²) in [6.45, 7) is 0. The number of hydrogen-bond acceptors (Lipinski definition) is 3. The fraction of sp³-hybridized carbons (Fsp3) is 0.125. The van der Waals surface area contributed by atoms with Gasteiger partial charge in [-0.15, -0.1) is 0 Å². The lowest BCUT2D eigenvalue weighted by Gasteiger charge is -2.20. The molecule has 0 spiro atoms. The number of amides is 1. The fourth-order valence-electron chi connectivity index (χ4n) is 3.52. The Kier molecular flexibility index (Phi) is 5.20. The molecule has 0 unspecified atom stereocenters. The van der Waals surface area contributed by atoms with Crippen molar-refractivity contribution in [2.24, 2.45) is 7.05 Å². The van der Waals surface area contributed by atoms with Crippen LogP contribution < -0.4 is 10.9 Å². The summed E-state index contributed by atoms with van der Waals surface area (Å²) in [4.78, 5) is 25.3. The van der Waals surface area contributed by atoms with Crippen molar-refractivity contribution in [1.82, 2.24) is 15.1 Å². The molecule has 4 aromatic rings. The molecular weight excluding hydrogens is 362 g/mol. The van der Waals surface area contributed by atoms with Crippen LogP contribution in [0.25, 0.3) is 10.8 Å². The molecule has 0 aliphatic heterocycles. The first-order valence-corrected chi connectivity index (χ1v) is 9.47. The van der Waals surface area contributed by atoms with E-state index in [-0.39, 0.29) is 23.9 Å². The molecule has 1 N–H and O–H groups in total. The van der Waals surface area contributed by atoms with Crippen molar-refractivity contribution in [1.29, 1.82) is 0 Å². The number of carbonyl (C=O) groups excluding carboxylic acids is 1. The summed E-state index contributed by atoms with van der Waals surface area (Å²) in [7, 11) is 1.60. The number of carbonyl (C=O) groups is 1. The van der Waals surface area contributed by atoms with E-state index in [2.05, 4.69) is 10.4 Å². The summed E-state index contributed by atoms with van der Waals surface area (Å²) in [5.74, 6) is -0.154. The second-order valence-electron chi connectivity index (χ2n) is 6.92. The molecule has 1 aromatic heterocycles. The molecule has 0 aliphatic rings. The van der Waals surface area contributed by atoms with Gasteiger partial charge in [-0.25, -0.2) is 4.68 Å². The quantitative estimate of drug-likeness (QED) is 0.575. The standard InChI is InChI=1S/C24H21N3O2/c1-27-24(29)20-15-9-8-14-19(20)21(26-27)16-22(28)25-23(17-10-4-2-5-11-17)18-12-6-3-7-13-18/h2-15,23H,16H2,1H3,(H,25,28). The highest BCUT2D eigenvalue weighted by molar-refractivity contribution is 5.88. The summed E-state index contributed by atoms with van der Waals surface area (Å²) in [6, 6.07) is 26.7. The maximum Gasteiger partial charge on any atom is 0.274 e. The van der Waals surface area contributed by atoms with Gasteiger partial charge in [0.1, 0.15) is 0 Å². The lowest BCUT2D eigenvalue weighted by atomic mass is 9.98. The molecule has 5 nitrogen and oxygen atoms in total. The van der Waals surface area contributed by atoms with Crippen molar-refractivity contribution in [2.45, 2.75) is 12.5 Å². The Morgan fingerprint density at radius 3 is 1.97 bits per heavy atom. The highest BCUT2D eigenvalue weighted by Crippen LogP contribution is 2.22. The van der Waals surface area contributed by atoms with E-state index in [0.717, 1.165) is 11.1 Å². The molecule has 0 aliphatic carbocycles. The summed E-state index contributed by atoms with van der Waals surface area (Å²) in [6.07, 6.45) is 0.0881. The van der Waals surface area contributed by atoms with E-state index in [4.69, 9.17) is 0 Å². The number of rotatable bonds is 5. The van der Waals surface area contributed by atoms with Crippen molar-refractivity contribution >= 4 is 16.7 Å². The lowest BCUT2D eigenvalue weighted by Crippen LogP contribution is -2.32. The molecule has 0 fully saturated rings. The van der Waals surface area contributed by atoms with Crippen LogP contribution in [0, 0.1) is 0 Å². The van der Waals surface area contributed by atoms with Gasteiger partial charge in [0.15, 0.2) is 0 Å². The van der Waals surface area contributed by atoms with Crippen LogP contribution in [0.15, 0.2) is 89.7 Å². The van der Waals surface area contributed by atoms with Gasteiger partial charge in [0.2, 0.25) is 5.91 Å². The van der Waals surface area contributed by atoms with Gasteiger partial charge in [-0.05, 0) is 17.2 Å². The average molecular weight is 383 g/mol. The van der Waals surface area contributed by atoms with Crippen LogP contribution in [0.2, 0.25) is 0 Å². The van der Waals surface area contributed by atoms with Gasteiger partial charge in [0.05, 0.1) is 23.5 Å². The number of aromatic nitrogens is 2. The van der Waals surface area contributed by atoms with Gasteiger partial charge < -0.3 is 5.32 Å². The van der Waals surface area contributed by atoms with Crippen molar-refractivity contribution < 1.29 is 4.79 Å². The van der Waals surface area contributed by atoms with Gasteiger partial charge in [-0.1, -0.05) is 78.9 Å². The van der Waals surface area contributed by atoms with Crippen molar-refractivity contribution in [3.8, 4) is 0 Å². The van der Waals surface area contributed by atoms with Crippen molar-refractivity contribution in [2.75, 3.05) is 0 Å². The summed E-state index contributed by atoms with van der Waals surface area (Å²) in [5, 5.41) is 8.74. The van der Waals surface area contributed by atoms with Gasteiger partial charge in [-0.2, -0.15) is 5.10 Å². The SMILES string of the molecule is Cn1nc(CC(=O)NC(c2ccccc2)c2ccccc2)c2ccccc2c1=O. The summed E-state index contributed by atoms with van der Waals surface area (Å²) < 4.78 is 1.29. The van der Waals surface area contributed by atoms with Crippen LogP contribution in [-0.4, -0.2) is 15.7 Å². The summed E-state index contributed by atoms with van der Waals surface area (Å²) >= 11 is 0. The smallest absolute Gasteiger partial charge is 0.274 e. The van der Waals surface area contributed by atoms with E-state index in [1.165, 1.54) is 4.68 Å². The molecule has 4 rings (SSSR count). The van der Waals surface area contributed by atoms with Crippen LogP contribution in [0.5, 0.6) is 0 Å². The number of fused-ring (bicyclic) bond motifs is 1. The second-order valence-corrected chi connectivity index (χ2v) is 6.92. The van der Waals surface area contributed by atoms with Gasteiger partial charge in [-0.3, -0.25) is 9.59 Å². The maximum atomic E-state index is 13.0. The van der Waals surface area contributed by atoms with Gasteiger partial charge in [0.25, 0.3) is 5.56 Å². The van der Waals surface area contributed by atoms with Gasteiger partial charge in [0, 0.05) is 12.4 Å². The fourth-order valence-corrected chi connectivity index (χ4v) is 3.52. The Balaban J connectivity index is 1.65. The first-order chi connectivity index (χ1) is 14.1. The molecule has 1 amide bonds. The predicted molar refractivity (Wildman–Crippen MR) is 114 cm³/mol. The molecule has 29 heavy (non-hydrogen) atoms. The number of benzene rings is 3. The van der Waals surface area contributed by atoms with Crippen LogP contribution in [-0.2, 0) is 18.3 Å². The van der Waals surface area contributed by atoms with Crippen LogP contribution in [0.1, 0.15) is 22.9 Å². The largest absolute Gasteiger partial charge is 0.345 e. The predicted octanol–water partition coefficient (Wildman–Crippen LogP) is 3.38. The van der Waals surface area contributed by atoms with E-state index >= 15 is 0 Å². The Hall–Kier alpha value is -3.73. The third-order valence-electron chi connectivity index (χ3n) is 4.93. The zero-order valence-electron chi connectivity index (χ0n) is 16.1. The van der Waals surface area contributed by atoms with E-state index in [9.17, 15) is 9.59 Å². The molecule has 5 heteroatoms. The summed E-state index contributed by atoms with van der Waals surface area (Å²) in [5.41, 5.74) is 2.42. The molecule has 0 radical (unpaired) electrons. The van der Waals surface area contributed by atoms with E-state index in [0.29, 0.717) is 16.5 Å². The molecular formula is C24H21N3O2. The van der Waals surface area contributed by atoms with E-state index in [1.54, 1.807) is 13.1 Å². The second kappa shape index (κ2) is 8.10. The molecule has 144 valence electrons. The number of nitrogens with zero attached hydrogens (tertiary/aromatic N) is 2. The van der Waals surface area contributed by atoms with Crippen molar-refractivity contribution in [3.63, 3.8) is 0 Å². The van der Waals surface area contributed by atoms with E-state index in [1.807, 2.05) is 78.9 Å². The molecule has 0 saturated carbocycles. The van der Waals surface area contributed by atoms with Crippen LogP contribution >= 0.6 is 0 Å². The monoisotopic (exact) mass is 383 g/mol. The Morgan fingerprint density at radius 1 is 0.862 bits per heavy atom. The number of hydrogen-bond donors (Lipinski definition) is 1. The zero-order valence-corrected chi connectivity index (χ0v) is 16.1. The molecule has 0 atom stereocenters. The van der Waals surface area contributed by atoms with E-state index < -0.39 is 0 Å². The third kappa shape index (κ3) is 3.94. The van der Waals surface area contributed by atoms with Crippen molar-refractivity contribution in [3.05, 3.63) is 112 Å². The first-order valence-electron chi connectivity index (χ1n) is 9.47. The highest BCUT2D eigenvalue weighted by Gasteiger charge is 2.18. The third-order valence-corrected chi connectivity index (χ3v) is 4.93. The highest BCUT2D eigenvalue weighted by atomic mass is 16.2. The van der Waals surface area contributed by atoms with Gasteiger partial charge >= 0.3 is 0 Å². The zero-order chi connectivity index (χ0) is 20.2. The number of nitrogens with one attached hydrogen (secondary N) is 1. The molecule has 3 aromatic carbocycles. The van der Waals surface area contributed by atoms with Crippen LogP contribution in [0.4, 0.5) is 0 Å². The minimum Gasteiger partial charge on any atom is -0.345 e. The average Bonchev–Trinajstić information content (AvgIpc) is 2.77. The normalized spacial score (nSPS) is 11.0. The van der Waals surface area contributed by atoms with Crippen LogP contribution in [0.3, 0.4) is 0 Å². The Labute approximate surface area is 168 Å². The minimum absolute atomic E-state index is 0.0881. The lowest BCUT2D eigenvalue weighted by molar-refractivity contribution is -0.121.